The van der Waals surface area contributed by atoms with Crippen LogP contribution < -0.4 is 10.2 Å². The minimum absolute atomic E-state index is 0.0275. The summed E-state index contributed by atoms with van der Waals surface area (Å²) >= 11 is 0. The number of hydrogen-bond donors (Lipinski definition) is 1. The number of fused-ring (bicyclic) bond motifs is 1. The van der Waals surface area contributed by atoms with Crippen molar-refractivity contribution in [2.24, 2.45) is 0 Å². The minimum Gasteiger partial charge on any atom is -0.375 e. The van der Waals surface area contributed by atoms with Gasteiger partial charge in [0.2, 0.25) is 11.8 Å². The zero-order valence-electron chi connectivity index (χ0n) is 16.3. The van der Waals surface area contributed by atoms with Crippen LogP contribution in [0.15, 0.2) is 54.6 Å². The Morgan fingerprint density at radius 2 is 1.82 bits per heavy atom. The highest BCUT2D eigenvalue weighted by Gasteiger charge is 2.21. The molecule has 0 fully saturated rings. The van der Waals surface area contributed by atoms with E-state index in [9.17, 15) is 9.59 Å². The van der Waals surface area contributed by atoms with Gasteiger partial charge in [0.1, 0.15) is 19.0 Å². The van der Waals surface area contributed by atoms with Crippen LogP contribution in [0.25, 0.3) is 11.0 Å². The van der Waals surface area contributed by atoms with Crippen molar-refractivity contribution in [2.45, 2.75) is 19.5 Å². The Labute approximate surface area is 163 Å². The van der Waals surface area contributed by atoms with Gasteiger partial charge in [-0.3, -0.25) is 9.59 Å². The SMILES string of the molecule is COCC(=O)NC(C)c1nc2ccccc2n1CC(=O)N(C)c1ccccc1. The van der Waals surface area contributed by atoms with Crippen LogP contribution in [0, 0.1) is 0 Å². The molecule has 0 radical (unpaired) electrons. The Morgan fingerprint density at radius 3 is 2.54 bits per heavy atom. The van der Waals surface area contributed by atoms with Crippen molar-refractivity contribution in [1.82, 2.24) is 14.9 Å². The predicted molar refractivity (Wildman–Crippen MR) is 108 cm³/mol. The van der Waals surface area contributed by atoms with Crippen LogP contribution in [0.1, 0.15) is 18.8 Å². The maximum absolute atomic E-state index is 12.9. The maximum atomic E-state index is 12.9. The first-order valence-corrected chi connectivity index (χ1v) is 9.06. The molecule has 28 heavy (non-hydrogen) atoms. The second kappa shape index (κ2) is 8.67. The van der Waals surface area contributed by atoms with E-state index in [1.807, 2.05) is 66.1 Å². The molecule has 2 aromatic carbocycles. The minimum atomic E-state index is -0.370. The fourth-order valence-corrected chi connectivity index (χ4v) is 3.11. The molecule has 0 saturated carbocycles. The number of nitrogens with zero attached hydrogens (tertiary/aromatic N) is 3. The smallest absolute Gasteiger partial charge is 0.246 e. The van der Waals surface area contributed by atoms with Crippen molar-refractivity contribution < 1.29 is 14.3 Å². The van der Waals surface area contributed by atoms with Crippen LogP contribution in [-0.4, -0.2) is 42.1 Å². The van der Waals surface area contributed by atoms with E-state index in [2.05, 4.69) is 10.3 Å². The highest BCUT2D eigenvalue weighted by atomic mass is 16.5. The van der Waals surface area contributed by atoms with Gasteiger partial charge in [-0.1, -0.05) is 30.3 Å². The molecule has 0 aliphatic carbocycles. The lowest BCUT2D eigenvalue weighted by atomic mass is 10.2. The van der Waals surface area contributed by atoms with Gasteiger partial charge in [0.05, 0.1) is 17.1 Å². The molecule has 1 heterocycles. The Hall–Kier alpha value is -3.19. The molecule has 0 aliphatic rings. The zero-order valence-corrected chi connectivity index (χ0v) is 16.3. The van der Waals surface area contributed by atoms with Gasteiger partial charge in [-0.25, -0.2) is 4.98 Å². The molecule has 1 unspecified atom stereocenters. The number of methoxy groups -OCH3 is 1. The van der Waals surface area contributed by atoms with E-state index in [4.69, 9.17) is 4.74 Å². The molecule has 7 nitrogen and oxygen atoms in total. The summed E-state index contributed by atoms with van der Waals surface area (Å²) < 4.78 is 6.73. The molecule has 7 heteroatoms. The van der Waals surface area contributed by atoms with E-state index in [0.717, 1.165) is 16.7 Å². The fraction of sp³-hybridized carbons (Fsp3) is 0.286. The molecule has 0 saturated heterocycles. The molecule has 1 aromatic heterocycles. The monoisotopic (exact) mass is 380 g/mol. The van der Waals surface area contributed by atoms with Crippen LogP contribution in [-0.2, 0) is 20.9 Å². The Balaban J connectivity index is 1.90. The maximum Gasteiger partial charge on any atom is 0.246 e. The average Bonchev–Trinajstić information content (AvgIpc) is 3.07. The number of amides is 2. The molecule has 146 valence electrons. The third kappa shape index (κ3) is 4.20. The molecule has 0 bridgehead atoms. The number of rotatable bonds is 7. The van der Waals surface area contributed by atoms with E-state index in [0.29, 0.717) is 5.82 Å². The number of hydrogen-bond acceptors (Lipinski definition) is 4. The number of likely N-dealkylation sites (N-methyl/N-ethyl adjacent to an activating group) is 1. The van der Waals surface area contributed by atoms with Gasteiger partial charge >= 0.3 is 0 Å². The van der Waals surface area contributed by atoms with Crippen molar-refractivity contribution in [3.8, 4) is 0 Å². The highest BCUT2D eigenvalue weighted by Crippen LogP contribution is 2.22. The molecule has 0 spiro atoms. The Morgan fingerprint density at radius 1 is 1.14 bits per heavy atom. The van der Waals surface area contributed by atoms with Gasteiger partial charge in [-0.15, -0.1) is 0 Å². The lowest BCUT2D eigenvalue weighted by Crippen LogP contribution is -2.34. The Bertz CT molecular complexity index is 968. The summed E-state index contributed by atoms with van der Waals surface area (Å²) in [6.07, 6.45) is 0. The normalized spacial score (nSPS) is 12.0. The summed E-state index contributed by atoms with van der Waals surface area (Å²) in [6.45, 7) is 1.93. The van der Waals surface area contributed by atoms with Gasteiger partial charge in [0.15, 0.2) is 0 Å². The molecule has 1 N–H and O–H groups in total. The molecule has 3 aromatic rings. The number of imidazole rings is 1. The first-order valence-electron chi connectivity index (χ1n) is 9.06. The van der Waals surface area contributed by atoms with Crippen LogP contribution in [0.3, 0.4) is 0 Å². The zero-order chi connectivity index (χ0) is 20.1. The summed E-state index contributed by atoms with van der Waals surface area (Å²) in [5, 5.41) is 2.86. The van der Waals surface area contributed by atoms with Crippen molar-refractivity contribution in [3.63, 3.8) is 0 Å². The van der Waals surface area contributed by atoms with Gasteiger partial charge < -0.3 is 19.5 Å². The van der Waals surface area contributed by atoms with E-state index in [-0.39, 0.29) is 31.0 Å². The number of anilines is 1. The van der Waals surface area contributed by atoms with Crippen LogP contribution >= 0.6 is 0 Å². The lowest BCUT2D eigenvalue weighted by molar-refractivity contribution is -0.125. The van der Waals surface area contributed by atoms with E-state index in [1.54, 1.807) is 11.9 Å². The lowest BCUT2D eigenvalue weighted by Gasteiger charge is -2.20. The number of nitrogens with one attached hydrogen (secondary N) is 1. The first kappa shape index (κ1) is 19.6. The molecule has 2 amide bonds. The number of benzene rings is 2. The van der Waals surface area contributed by atoms with Gasteiger partial charge in [-0.05, 0) is 31.2 Å². The number of para-hydroxylation sites is 3. The third-order valence-electron chi connectivity index (χ3n) is 4.54. The molecule has 0 aliphatic heterocycles. The van der Waals surface area contributed by atoms with Crippen molar-refractivity contribution in [2.75, 3.05) is 25.7 Å². The first-order chi connectivity index (χ1) is 13.5. The van der Waals surface area contributed by atoms with E-state index >= 15 is 0 Å². The van der Waals surface area contributed by atoms with E-state index in [1.165, 1.54) is 7.11 Å². The average molecular weight is 380 g/mol. The third-order valence-corrected chi connectivity index (χ3v) is 4.54. The number of carbonyl (C=O) groups is 2. The van der Waals surface area contributed by atoms with Crippen molar-refractivity contribution in [1.29, 1.82) is 0 Å². The van der Waals surface area contributed by atoms with Crippen LogP contribution in [0.5, 0.6) is 0 Å². The molecular formula is C21H24N4O3. The highest BCUT2D eigenvalue weighted by molar-refractivity contribution is 5.93. The van der Waals surface area contributed by atoms with Crippen LogP contribution in [0.2, 0.25) is 0 Å². The van der Waals surface area contributed by atoms with Gasteiger partial charge in [0.25, 0.3) is 0 Å². The Kier molecular flexibility index (Phi) is 6.06. The van der Waals surface area contributed by atoms with Crippen molar-refractivity contribution >= 4 is 28.5 Å². The summed E-state index contributed by atoms with van der Waals surface area (Å²) in [5.74, 6) is 0.313. The topological polar surface area (TPSA) is 76.5 Å². The largest absolute Gasteiger partial charge is 0.375 e. The summed E-state index contributed by atoms with van der Waals surface area (Å²) in [4.78, 5) is 31.1. The number of ether oxygens (including phenoxy) is 1. The second-order valence-corrected chi connectivity index (χ2v) is 6.56. The predicted octanol–water partition coefficient (Wildman–Crippen LogP) is 2.52. The van der Waals surface area contributed by atoms with E-state index < -0.39 is 0 Å². The molecular weight excluding hydrogens is 356 g/mol. The summed E-state index contributed by atoms with van der Waals surface area (Å²) in [5.41, 5.74) is 2.44. The molecule has 3 rings (SSSR count). The second-order valence-electron chi connectivity index (χ2n) is 6.56. The number of carbonyl (C=O) groups excluding carboxylic acids is 2. The summed E-state index contributed by atoms with van der Waals surface area (Å²) in [6, 6.07) is 16.7. The van der Waals surface area contributed by atoms with Crippen molar-refractivity contribution in [3.05, 3.63) is 60.4 Å². The van der Waals surface area contributed by atoms with Crippen LogP contribution in [0.4, 0.5) is 5.69 Å². The molecule has 1 atom stereocenters. The fourth-order valence-electron chi connectivity index (χ4n) is 3.11. The quantitative estimate of drug-likeness (QED) is 0.683. The number of aromatic nitrogens is 2. The van der Waals surface area contributed by atoms with Gasteiger partial charge in [-0.2, -0.15) is 0 Å². The summed E-state index contributed by atoms with van der Waals surface area (Å²) in [7, 11) is 3.22. The standard InChI is InChI=1S/C21H24N4O3/c1-15(22-19(26)14-28-3)21-23-17-11-7-8-12-18(17)25(21)13-20(27)24(2)16-9-5-4-6-10-16/h4-12,15H,13-14H2,1-3H3,(H,22,26). The van der Waals surface area contributed by atoms with Gasteiger partial charge in [0, 0.05) is 19.8 Å².